The second kappa shape index (κ2) is 7.09. The Morgan fingerprint density at radius 1 is 1.12 bits per heavy atom. The molecule has 1 aliphatic heterocycles. The minimum absolute atomic E-state index is 0.0234. The molecule has 3 rings (SSSR count). The van der Waals surface area contributed by atoms with Gasteiger partial charge in [0.05, 0.1) is 16.3 Å². The SMILES string of the molecule is CCS(=O)(=O)N1CCCc2cc(NS(=O)(=O)c3cccc(Cl)c3)ccc21. The maximum Gasteiger partial charge on any atom is 0.261 e. The second-order valence-corrected chi connectivity index (χ2v) is 10.3. The largest absolute Gasteiger partial charge is 0.280 e. The molecule has 1 heterocycles. The molecule has 0 radical (unpaired) electrons. The van der Waals surface area contributed by atoms with E-state index in [1.807, 2.05) is 0 Å². The van der Waals surface area contributed by atoms with Crippen molar-refractivity contribution in [3.63, 3.8) is 0 Å². The average Bonchev–Trinajstić information content (AvgIpc) is 2.60. The van der Waals surface area contributed by atoms with Crippen LogP contribution in [-0.4, -0.2) is 29.1 Å². The fourth-order valence-electron chi connectivity index (χ4n) is 2.92. The molecular formula is C17H19ClN2O4S2. The van der Waals surface area contributed by atoms with Gasteiger partial charge in [0.15, 0.2) is 0 Å². The summed E-state index contributed by atoms with van der Waals surface area (Å²) in [6.45, 7) is 2.05. The van der Waals surface area contributed by atoms with E-state index in [0.29, 0.717) is 35.8 Å². The van der Waals surface area contributed by atoms with E-state index in [1.54, 1.807) is 37.3 Å². The third-order valence-corrected chi connectivity index (χ3v) is 7.61. The van der Waals surface area contributed by atoms with Gasteiger partial charge >= 0.3 is 0 Å². The van der Waals surface area contributed by atoms with Crippen molar-refractivity contribution in [2.75, 3.05) is 21.3 Å². The molecule has 6 nitrogen and oxygen atoms in total. The van der Waals surface area contributed by atoms with Crippen molar-refractivity contribution in [2.45, 2.75) is 24.7 Å². The number of hydrogen-bond donors (Lipinski definition) is 1. The van der Waals surface area contributed by atoms with Crippen LogP contribution in [-0.2, 0) is 26.5 Å². The number of anilines is 2. The van der Waals surface area contributed by atoms with Crippen molar-refractivity contribution in [1.82, 2.24) is 0 Å². The fraction of sp³-hybridized carbons (Fsp3) is 0.294. The van der Waals surface area contributed by atoms with Gasteiger partial charge in [0.2, 0.25) is 10.0 Å². The Kier molecular flexibility index (Phi) is 5.18. The van der Waals surface area contributed by atoms with Crippen molar-refractivity contribution in [3.05, 3.63) is 53.1 Å². The summed E-state index contributed by atoms with van der Waals surface area (Å²) in [6, 6.07) is 10.9. The number of hydrogen-bond acceptors (Lipinski definition) is 4. The monoisotopic (exact) mass is 414 g/mol. The van der Waals surface area contributed by atoms with Crippen LogP contribution in [0.1, 0.15) is 18.9 Å². The molecule has 0 unspecified atom stereocenters. The lowest BCUT2D eigenvalue weighted by molar-refractivity contribution is 0.587. The lowest BCUT2D eigenvalue weighted by Gasteiger charge is -2.30. The van der Waals surface area contributed by atoms with Gasteiger partial charge in [-0.25, -0.2) is 16.8 Å². The van der Waals surface area contributed by atoms with Gasteiger partial charge in [0.1, 0.15) is 0 Å². The lowest BCUT2D eigenvalue weighted by atomic mass is 10.0. The quantitative estimate of drug-likeness (QED) is 0.813. The Bertz CT molecular complexity index is 1040. The molecule has 1 aliphatic rings. The molecule has 2 aromatic rings. The summed E-state index contributed by atoms with van der Waals surface area (Å²) in [5.74, 6) is 0.0234. The first-order valence-corrected chi connectivity index (χ1v) is 11.6. The molecular weight excluding hydrogens is 396 g/mol. The molecule has 26 heavy (non-hydrogen) atoms. The molecule has 1 N–H and O–H groups in total. The van der Waals surface area contributed by atoms with Gasteiger partial charge in [-0.15, -0.1) is 0 Å². The number of nitrogens with zero attached hydrogens (tertiary/aromatic N) is 1. The normalized spacial score (nSPS) is 14.8. The van der Waals surface area contributed by atoms with Crippen LogP contribution in [0.4, 0.5) is 11.4 Å². The smallest absolute Gasteiger partial charge is 0.261 e. The van der Waals surface area contributed by atoms with E-state index in [1.165, 1.54) is 16.4 Å². The number of rotatable bonds is 5. The van der Waals surface area contributed by atoms with Crippen molar-refractivity contribution >= 4 is 43.0 Å². The van der Waals surface area contributed by atoms with Gasteiger partial charge in [-0.05, 0) is 61.7 Å². The molecule has 0 aromatic heterocycles. The molecule has 0 amide bonds. The number of aryl methyl sites for hydroxylation is 1. The number of halogens is 1. The van der Waals surface area contributed by atoms with Crippen LogP contribution in [0.2, 0.25) is 5.02 Å². The topological polar surface area (TPSA) is 83.6 Å². The van der Waals surface area contributed by atoms with Gasteiger partial charge in [-0.3, -0.25) is 9.03 Å². The van der Waals surface area contributed by atoms with E-state index in [9.17, 15) is 16.8 Å². The molecule has 0 aliphatic carbocycles. The van der Waals surface area contributed by atoms with E-state index >= 15 is 0 Å². The highest BCUT2D eigenvalue weighted by Gasteiger charge is 2.26. The molecule has 0 saturated carbocycles. The summed E-state index contributed by atoms with van der Waals surface area (Å²) in [4.78, 5) is 0.0675. The average molecular weight is 415 g/mol. The highest BCUT2D eigenvalue weighted by molar-refractivity contribution is 7.93. The molecule has 0 bridgehead atoms. The summed E-state index contributed by atoms with van der Waals surface area (Å²) < 4.78 is 53.5. The Hall–Kier alpha value is -1.77. The number of nitrogens with one attached hydrogen (secondary N) is 1. The van der Waals surface area contributed by atoms with E-state index in [2.05, 4.69) is 4.72 Å². The van der Waals surface area contributed by atoms with Crippen molar-refractivity contribution in [3.8, 4) is 0 Å². The van der Waals surface area contributed by atoms with Gasteiger partial charge in [-0.1, -0.05) is 17.7 Å². The van der Waals surface area contributed by atoms with Crippen molar-refractivity contribution < 1.29 is 16.8 Å². The minimum Gasteiger partial charge on any atom is -0.280 e. The van der Waals surface area contributed by atoms with Crippen LogP contribution in [0.25, 0.3) is 0 Å². The summed E-state index contributed by atoms with van der Waals surface area (Å²) in [5.41, 5.74) is 1.81. The molecule has 0 fully saturated rings. The third-order valence-electron chi connectivity index (χ3n) is 4.21. The molecule has 0 atom stereocenters. The third kappa shape index (κ3) is 3.82. The highest BCUT2D eigenvalue weighted by atomic mass is 35.5. The molecule has 140 valence electrons. The number of sulfonamides is 2. The summed E-state index contributed by atoms with van der Waals surface area (Å²) >= 11 is 5.87. The van der Waals surface area contributed by atoms with Gasteiger partial charge in [0, 0.05) is 17.3 Å². The standard InChI is InChI=1S/C17H19ClN2O4S2/c1-2-25(21,22)20-10-4-5-13-11-15(8-9-17(13)20)19-26(23,24)16-7-3-6-14(18)12-16/h3,6-9,11-12,19H,2,4-5,10H2,1H3. The molecule has 0 spiro atoms. The van der Waals surface area contributed by atoms with Crippen LogP contribution >= 0.6 is 11.6 Å². The van der Waals surface area contributed by atoms with Crippen LogP contribution in [0.3, 0.4) is 0 Å². The maximum atomic E-state index is 12.5. The predicted octanol–water partition coefficient (Wildman–Crippen LogP) is 3.24. The van der Waals surface area contributed by atoms with Gasteiger partial charge < -0.3 is 0 Å². The van der Waals surface area contributed by atoms with Crippen molar-refractivity contribution in [1.29, 1.82) is 0 Å². The minimum atomic E-state index is -3.78. The summed E-state index contributed by atoms with van der Waals surface area (Å²) in [6.07, 6.45) is 1.38. The van der Waals surface area contributed by atoms with Crippen LogP contribution in [0.5, 0.6) is 0 Å². The Morgan fingerprint density at radius 3 is 2.58 bits per heavy atom. The molecule has 9 heteroatoms. The molecule has 0 saturated heterocycles. The fourth-order valence-corrected chi connectivity index (χ4v) is 5.47. The first-order valence-electron chi connectivity index (χ1n) is 8.15. The Labute approximate surface area is 158 Å². The maximum absolute atomic E-state index is 12.5. The van der Waals surface area contributed by atoms with E-state index in [-0.39, 0.29) is 10.6 Å². The van der Waals surface area contributed by atoms with E-state index in [0.717, 1.165) is 5.56 Å². The van der Waals surface area contributed by atoms with Crippen LogP contribution in [0, 0.1) is 0 Å². The second-order valence-electron chi connectivity index (χ2n) is 5.98. The van der Waals surface area contributed by atoms with Gasteiger partial charge in [0.25, 0.3) is 10.0 Å². The van der Waals surface area contributed by atoms with Crippen LogP contribution in [0.15, 0.2) is 47.4 Å². The summed E-state index contributed by atoms with van der Waals surface area (Å²) in [7, 11) is -7.13. The van der Waals surface area contributed by atoms with E-state index < -0.39 is 20.0 Å². The number of fused-ring (bicyclic) bond motifs is 1. The Morgan fingerprint density at radius 2 is 1.88 bits per heavy atom. The first-order chi connectivity index (χ1) is 12.2. The zero-order valence-corrected chi connectivity index (χ0v) is 16.5. The van der Waals surface area contributed by atoms with E-state index in [4.69, 9.17) is 11.6 Å². The summed E-state index contributed by atoms with van der Waals surface area (Å²) in [5, 5.41) is 0.332. The van der Waals surface area contributed by atoms with Crippen molar-refractivity contribution in [2.24, 2.45) is 0 Å². The highest BCUT2D eigenvalue weighted by Crippen LogP contribution is 2.32. The van der Waals surface area contributed by atoms with Gasteiger partial charge in [-0.2, -0.15) is 0 Å². The lowest BCUT2D eigenvalue weighted by Crippen LogP contribution is -2.36. The predicted molar refractivity (Wildman–Crippen MR) is 104 cm³/mol. The first kappa shape index (κ1) is 19.0. The molecule has 2 aromatic carbocycles. The number of benzene rings is 2. The zero-order valence-electron chi connectivity index (χ0n) is 14.1. The van der Waals surface area contributed by atoms with Crippen LogP contribution < -0.4 is 9.03 Å². The Balaban J connectivity index is 1.92. The zero-order chi connectivity index (χ0) is 18.9.